The molecule has 19 nitrogen and oxygen atoms in total. The van der Waals surface area contributed by atoms with Gasteiger partial charge in [-0.1, -0.05) is 275 Å². The lowest BCUT2D eigenvalue weighted by molar-refractivity contribution is -0.166. The van der Waals surface area contributed by atoms with Gasteiger partial charge in [0.05, 0.1) is 48.8 Å². The van der Waals surface area contributed by atoms with E-state index >= 15 is 0 Å². The quantitative estimate of drug-likeness (QED) is 0.0419. The van der Waals surface area contributed by atoms with Gasteiger partial charge >= 0.3 is 17.9 Å². The van der Waals surface area contributed by atoms with Crippen molar-refractivity contribution in [2.45, 2.75) is 206 Å². The molecule has 3 aliphatic rings. The highest BCUT2D eigenvalue weighted by molar-refractivity contribution is 5.78. The SMILES string of the molecule is C.C.C.C.C.C.C.C.C.C.C.C.C.C.C.COC(C(=O)O)c1ccccc1.COc1cccc(C(O)C2CCN(Cc3ccc(F)cc3)CC2)c1OC.COc1cccc(C(OC(=O)C(OC)c2ccccc2)C2CCN(Cc3ccc(F)cc3)CC2)c1OC.COc1cccc(C(OC(=O)C(OC)c2ccccc2)C2CCN(Cc3ccc(F)cc3)CC2)c1OC. The zero-order valence-electron chi connectivity index (χ0n) is 65.2. The number of piperidine rings is 3. The van der Waals surface area contributed by atoms with E-state index in [-0.39, 0.29) is 147 Å². The summed E-state index contributed by atoms with van der Waals surface area (Å²) >= 11 is 0. The number of methoxy groups -OCH3 is 9. The Kier molecular flexibility index (Phi) is 68.5. The van der Waals surface area contributed by atoms with Crippen LogP contribution in [0, 0.1) is 35.2 Å². The molecule has 0 aromatic heterocycles. The summed E-state index contributed by atoms with van der Waals surface area (Å²) < 4.78 is 101. The summed E-state index contributed by atoms with van der Waals surface area (Å²) in [7, 11) is 14.0. The summed E-state index contributed by atoms with van der Waals surface area (Å²) in [6, 6.07) is 64.3. The largest absolute Gasteiger partial charge is 0.493 e. The molecule has 0 saturated carbocycles. The molecule has 9 aromatic rings. The lowest BCUT2D eigenvalue weighted by Gasteiger charge is -2.36. The number of rotatable bonds is 29. The molecule has 12 rings (SSSR count). The van der Waals surface area contributed by atoms with Gasteiger partial charge in [0.15, 0.2) is 52.8 Å². The van der Waals surface area contributed by atoms with Crippen LogP contribution in [0.1, 0.15) is 237 Å². The summed E-state index contributed by atoms with van der Waals surface area (Å²) in [5.41, 5.74) is 7.72. The number of aliphatic hydroxyl groups excluding tert-OH is 1. The van der Waals surface area contributed by atoms with Gasteiger partial charge in [-0.2, -0.15) is 0 Å². The van der Waals surface area contributed by atoms with Crippen LogP contribution >= 0.6 is 0 Å². The minimum absolute atomic E-state index is 0. The summed E-state index contributed by atoms with van der Waals surface area (Å²) in [6.45, 7) is 7.44. The maximum absolute atomic E-state index is 13.4. The summed E-state index contributed by atoms with van der Waals surface area (Å²) in [5, 5.41) is 19.6. The first-order valence-corrected chi connectivity index (χ1v) is 37.5. The van der Waals surface area contributed by atoms with Gasteiger partial charge in [0.2, 0.25) is 0 Å². The average Bonchev–Trinajstić information content (AvgIpc) is 0.782. The van der Waals surface area contributed by atoms with Crippen LogP contribution in [-0.4, -0.2) is 146 Å². The first-order chi connectivity index (χ1) is 54.4. The van der Waals surface area contributed by atoms with Gasteiger partial charge in [0.1, 0.15) is 29.7 Å². The number of likely N-dealkylation sites (tertiary alicyclic amines) is 3. The van der Waals surface area contributed by atoms with Crippen LogP contribution in [0.3, 0.4) is 0 Å². The van der Waals surface area contributed by atoms with E-state index in [0.29, 0.717) is 40.1 Å². The molecule has 3 heterocycles. The molecule has 0 amide bonds. The first-order valence-electron chi connectivity index (χ1n) is 37.5. The van der Waals surface area contributed by atoms with Crippen molar-refractivity contribution in [2.24, 2.45) is 17.8 Å². The number of carboxylic acids is 1. The van der Waals surface area contributed by atoms with Crippen LogP contribution < -0.4 is 28.4 Å². The number of carbonyl (C=O) groups is 3. The fourth-order valence-corrected chi connectivity index (χ4v) is 14.7. The topological polar surface area (TPSA) is 203 Å². The molecule has 9 aromatic carbocycles. The third-order valence-electron chi connectivity index (χ3n) is 20.5. The second-order valence-electron chi connectivity index (χ2n) is 27.5. The second-order valence-corrected chi connectivity index (χ2v) is 27.5. The van der Waals surface area contributed by atoms with Crippen LogP contribution in [0.5, 0.6) is 34.5 Å². The van der Waals surface area contributed by atoms with E-state index in [2.05, 4.69) is 14.7 Å². The number of nitrogens with zero attached hydrogens (tertiary/aromatic N) is 3. The second kappa shape index (κ2) is 67.0. The van der Waals surface area contributed by atoms with E-state index in [9.17, 15) is 32.7 Å². The summed E-state index contributed by atoms with van der Waals surface area (Å²) in [6.07, 6.45) is 0.928. The van der Waals surface area contributed by atoms with E-state index in [0.717, 1.165) is 142 Å². The number of hydrogen-bond acceptors (Lipinski definition) is 18. The average molecular weight is 1780 g/mol. The van der Waals surface area contributed by atoms with Crippen molar-refractivity contribution in [2.75, 3.05) is 103 Å². The molecule has 22 heteroatoms. The summed E-state index contributed by atoms with van der Waals surface area (Å²) in [5.74, 6) is 1.33. The molecule has 6 unspecified atom stereocenters. The van der Waals surface area contributed by atoms with Gasteiger partial charge in [0.25, 0.3) is 0 Å². The van der Waals surface area contributed by atoms with Crippen molar-refractivity contribution in [1.82, 2.24) is 14.7 Å². The van der Waals surface area contributed by atoms with Crippen molar-refractivity contribution < 1.29 is 89.9 Å². The number of carbonyl (C=O) groups excluding carboxylic acids is 2. The molecular formula is C105H164F3N3O16. The van der Waals surface area contributed by atoms with Gasteiger partial charge in [-0.15, -0.1) is 0 Å². The van der Waals surface area contributed by atoms with Crippen LogP contribution in [0.15, 0.2) is 218 Å². The number of esters is 2. The molecule has 3 fully saturated rings. The number of halogens is 3. The van der Waals surface area contributed by atoms with Crippen molar-refractivity contribution in [3.05, 3.63) is 286 Å². The lowest BCUT2D eigenvalue weighted by atomic mass is 9.86. The fraction of sp³-hybridized carbons (Fsp3) is 0.457. The van der Waals surface area contributed by atoms with E-state index in [4.69, 9.17) is 57.2 Å². The number of para-hydroxylation sites is 3. The van der Waals surface area contributed by atoms with Gasteiger partial charge < -0.3 is 62.3 Å². The number of benzene rings is 9. The normalized spacial score (nSPS) is 14.1. The van der Waals surface area contributed by atoms with Crippen LogP contribution in [-0.2, 0) is 57.7 Å². The Bertz CT molecular complexity index is 4120. The van der Waals surface area contributed by atoms with Gasteiger partial charge in [0, 0.05) is 69.5 Å². The number of aliphatic hydroxyl groups is 1. The van der Waals surface area contributed by atoms with Crippen molar-refractivity contribution >= 4 is 17.9 Å². The van der Waals surface area contributed by atoms with Crippen LogP contribution in [0.2, 0.25) is 0 Å². The zero-order chi connectivity index (χ0) is 79.9. The Morgan fingerprint density at radius 1 is 0.315 bits per heavy atom. The molecule has 0 spiro atoms. The molecular weight excluding hydrogens is 1620 g/mol. The van der Waals surface area contributed by atoms with E-state index in [1.165, 1.54) is 57.7 Å². The molecule has 0 bridgehead atoms. The monoisotopic (exact) mass is 1780 g/mol. The highest BCUT2D eigenvalue weighted by Crippen LogP contribution is 2.46. The predicted octanol–water partition coefficient (Wildman–Crippen LogP) is 26.2. The van der Waals surface area contributed by atoms with Crippen LogP contribution in [0.4, 0.5) is 13.2 Å². The first kappa shape index (κ1) is 130. The lowest BCUT2D eigenvalue weighted by Crippen LogP contribution is -2.36. The third kappa shape index (κ3) is 36.8. The van der Waals surface area contributed by atoms with Crippen molar-refractivity contribution in [1.29, 1.82) is 0 Å². The zero-order valence-corrected chi connectivity index (χ0v) is 65.2. The Balaban J connectivity index is -0.000000305. The maximum atomic E-state index is 13.4. The highest BCUT2D eigenvalue weighted by Gasteiger charge is 2.38. The molecule has 6 atom stereocenters. The number of hydrogen-bond donors (Lipinski definition) is 2. The van der Waals surface area contributed by atoms with Gasteiger partial charge in [-0.3, -0.25) is 14.7 Å². The van der Waals surface area contributed by atoms with Crippen molar-refractivity contribution in [3.63, 3.8) is 0 Å². The van der Waals surface area contributed by atoms with Gasteiger partial charge in [-0.05, 0) is 172 Å². The molecule has 3 aliphatic heterocycles. The van der Waals surface area contributed by atoms with Gasteiger partial charge in [-0.25, -0.2) is 27.6 Å². The number of aliphatic carboxylic acids is 1. The molecule has 127 heavy (non-hydrogen) atoms. The Hall–Kier alpha value is -10.3. The smallest absolute Gasteiger partial charge is 0.340 e. The van der Waals surface area contributed by atoms with Crippen LogP contribution in [0.25, 0.3) is 0 Å². The Morgan fingerprint density at radius 2 is 0.559 bits per heavy atom. The minimum atomic E-state index is -0.969. The van der Waals surface area contributed by atoms with E-state index in [1.807, 2.05) is 158 Å². The Morgan fingerprint density at radius 3 is 0.803 bits per heavy atom. The molecule has 716 valence electrons. The minimum Gasteiger partial charge on any atom is -0.493 e. The number of carboxylic acid groups (broad SMARTS) is 1. The van der Waals surface area contributed by atoms with E-state index in [1.54, 1.807) is 66.9 Å². The fourth-order valence-electron chi connectivity index (χ4n) is 14.7. The molecule has 3 saturated heterocycles. The maximum Gasteiger partial charge on any atom is 0.340 e. The number of ether oxygens (including phenoxy) is 11. The van der Waals surface area contributed by atoms with Crippen molar-refractivity contribution in [3.8, 4) is 34.5 Å². The highest BCUT2D eigenvalue weighted by atomic mass is 19.1. The Labute approximate surface area is 766 Å². The molecule has 0 aliphatic carbocycles. The summed E-state index contributed by atoms with van der Waals surface area (Å²) in [4.78, 5) is 44.5. The molecule has 0 radical (unpaired) electrons. The standard InChI is InChI=1S/2C30H34FNO5.C21H26FNO3.C9H10O3.15CH4/c2*1-34-26-11-7-10-25(29(26)36-3)27(37-30(33)28(35-2)22-8-5-4-6-9-22)23-16-18-32(19-17-23)20-21-12-14-24(31)15-13-21;1-25-19-5-3-4-18(21(19)26-2)20(24)16-10-12-23(13-11-16)14-15-6-8-17(22)9-7-15;1-12-8(9(10)11)7-5-3-2-4-6-7;;;;;;;;;;;;;;;/h2*4-15,23,27-28H,16-20H2,1-3H3;3-9,16,20,24H,10-14H2,1-2H3;2-6,8H,1H3,(H,10,11);15*1H4. The van der Waals surface area contributed by atoms with E-state index < -0.39 is 54.5 Å². The third-order valence-corrected chi connectivity index (χ3v) is 20.5. The molecule has 2 N–H and O–H groups in total. The predicted molar refractivity (Wildman–Crippen MR) is 522 cm³/mol.